The van der Waals surface area contributed by atoms with Crippen LogP contribution < -0.4 is 9.50 Å². The molecule has 0 amide bonds. The zero-order valence-corrected chi connectivity index (χ0v) is 13.0. The summed E-state index contributed by atoms with van der Waals surface area (Å²) in [7, 11) is -3.11. The van der Waals surface area contributed by atoms with Gasteiger partial charge in [0.1, 0.15) is 5.75 Å². The predicted molar refractivity (Wildman–Crippen MR) is 85.1 cm³/mol. The third-order valence-electron chi connectivity index (χ3n) is 3.39. The summed E-state index contributed by atoms with van der Waals surface area (Å²) in [6.45, 7) is 0.524. The fourth-order valence-electron chi connectivity index (χ4n) is 2.31. The Labute approximate surface area is 132 Å². The van der Waals surface area contributed by atoms with E-state index >= 15 is 0 Å². The van der Waals surface area contributed by atoms with Crippen LogP contribution in [0.1, 0.15) is 5.56 Å². The number of hydrogen-bond acceptors (Lipinski definition) is 5. The molecule has 0 saturated carbocycles. The molecule has 0 bridgehead atoms. The molecule has 1 heterocycles. The van der Waals surface area contributed by atoms with Crippen LogP contribution in [0.25, 0.3) is 10.9 Å². The number of nitrogens with zero attached hydrogens (tertiary/aromatic N) is 2. The Kier molecular flexibility index (Phi) is 3.91. The first-order valence-electron chi connectivity index (χ1n) is 6.80. The van der Waals surface area contributed by atoms with Crippen LogP contribution in [0.3, 0.4) is 0 Å². The minimum atomic E-state index is -4.99. The zero-order valence-electron chi connectivity index (χ0n) is 12.2. The van der Waals surface area contributed by atoms with Gasteiger partial charge in [-0.15, -0.1) is 0 Å². The lowest BCUT2D eigenvalue weighted by Gasteiger charge is -2.08. The Morgan fingerprint density at radius 1 is 1.22 bits per heavy atom. The molecule has 2 aromatic carbocycles. The topological polar surface area (TPSA) is 73.2 Å². The van der Waals surface area contributed by atoms with Gasteiger partial charge in [0.25, 0.3) is 0 Å². The predicted octanol–water partition coefficient (Wildman–Crippen LogP) is 2.78. The number of nitrogens with one attached hydrogen (secondary N) is 1. The largest absolute Gasteiger partial charge is 0.488 e. The van der Waals surface area contributed by atoms with E-state index in [0.717, 1.165) is 22.2 Å². The number of hydrogen-bond donors (Lipinski definition) is 1. The van der Waals surface area contributed by atoms with Gasteiger partial charge in [-0.25, -0.2) is 0 Å². The van der Waals surface area contributed by atoms with Crippen molar-refractivity contribution in [3.8, 4) is 5.75 Å². The second-order valence-corrected chi connectivity index (χ2v) is 5.93. The number of halogens is 1. The first-order chi connectivity index (χ1) is 10.9. The molecule has 0 aliphatic rings. The average Bonchev–Trinajstić information content (AvgIpc) is 2.87. The van der Waals surface area contributed by atoms with Crippen molar-refractivity contribution in [2.45, 2.75) is 6.54 Å². The van der Waals surface area contributed by atoms with Crippen molar-refractivity contribution in [1.29, 1.82) is 0 Å². The molecule has 8 heteroatoms. The molecule has 0 saturated heterocycles. The average molecular weight is 335 g/mol. The Bertz CT molecular complexity index is 936. The number of benzene rings is 2. The number of fused-ring (bicyclic) bond motifs is 1. The maximum atomic E-state index is 12.4. The summed E-state index contributed by atoms with van der Waals surface area (Å²) >= 11 is 0. The maximum absolute atomic E-state index is 12.4. The monoisotopic (exact) mass is 335 g/mol. The van der Waals surface area contributed by atoms with E-state index in [1.54, 1.807) is 23.0 Å². The van der Waals surface area contributed by atoms with Crippen LogP contribution in [0.2, 0.25) is 0 Å². The number of aryl methyl sites for hydroxylation is 1. The van der Waals surface area contributed by atoms with Crippen molar-refractivity contribution < 1.29 is 16.5 Å². The molecule has 0 unspecified atom stereocenters. The molecule has 3 rings (SSSR count). The summed E-state index contributed by atoms with van der Waals surface area (Å²) in [5.74, 6) is -0.0642. The fraction of sp³-hybridized carbons (Fsp3) is 0.133. The second kappa shape index (κ2) is 5.88. The van der Waals surface area contributed by atoms with Crippen molar-refractivity contribution in [2.24, 2.45) is 7.05 Å². The SMILES string of the molecule is Cn1ncc2c(NCc3ccc(OS(=O)(=O)F)cc3)cccc21. The van der Waals surface area contributed by atoms with Crippen molar-refractivity contribution in [3.05, 3.63) is 54.2 Å². The van der Waals surface area contributed by atoms with Crippen molar-refractivity contribution in [2.75, 3.05) is 5.32 Å². The summed E-state index contributed by atoms with van der Waals surface area (Å²) in [5.41, 5.74) is 2.86. The highest BCUT2D eigenvalue weighted by Crippen LogP contribution is 2.23. The molecule has 1 aromatic heterocycles. The van der Waals surface area contributed by atoms with Gasteiger partial charge in [0.15, 0.2) is 0 Å². The quantitative estimate of drug-likeness (QED) is 0.726. The molecular weight excluding hydrogens is 321 g/mol. The number of anilines is 1. The van der Waals surface area contributed by atoms with E-state index < -0.39 is 10.5 Å². The first-order valence-corrected chi connectivity index (χ1v) is 8.11. The normalized spacial score (nSPS) is 11.6. The summed E-state index contributed by atoms with van der Waals surface area (Å²) < 4.78 is 39.2. The van der Waals surface area contributed by atoms with Gasteiger partial charge < -0.3 is 9.50 Å². The molecule has 1 N–H and O–H groups in total. The van der Waals surface area contributed by atoms with Crippen LogP contribution in [-0.4, -0.2) is 18.2 Å². The van der Waals surface area contributed by atoms with Crippen molar-refractivity contribution in [1.82, 2.24) is 9.78 Å². The van der Waals surface area contributed by atoms with Gasteiger partial charge in [-0.3, -0.25) is 4.68 Å². The minimum Gasteiger partial charge on any atom is -0.380 e. The molecule has 0 aliphatic heterocycles. The summed E-state index contributed by atoms with van der Waals surface area (Å²) in [6, 6.07) is 12.0. The van der Waals surface area contributed by atoms with Gasteiger partial charge in [0.2, 0.25) is 0 Å². The van der Waals surface area contributed by atoms with Gasteiger partial charge >= 0.3 is 10.5 Å². The third kappa shape index (κ3) is 3.59. The smallest absolute Gasteiger partial charge is 0.380 e. The highest BCUT2D eigenvalue weighted by atomic mass is 32.3. The van der Waals surface area contributed by atoms with Gasteiger partial charge in [-0.05, 0) is 29.8 Å². The van der Waals surface area contributed by atoms with Crippen molar-refractivity contribution >= 4 is 27.1 Å². The van der Waals surface area contributed by atoms with E-state index in [-0.39, 0.29) is 5.75 Å². The van der Waals surface area contributed by atoms with E-state index in [1.165, 1.54) is 12.1 Å². The molecule has 120 valence electrons. The van der Waals surface area contributed by atoms with Crippen LogP contribution >= 0.6 is 0 Å². The molecular formula is C15H14FN3O3S. The molecule has 0 aliphatic carbocycles. The Morgan fingerprint density at radius 2 is 1.96 bits per heavy atom. The van der Waals surface area contributed by atoms with Crippen LogP contribution in [0.5, 0.6) is 5.75 Å². The Morgan fingerprint density at radius 3 is 2.65 bits per heavy atom. The number of aromatic nitrogens is 2. The molecule has 0 radical (unpaired) electrons. The van der Waals surface area contributed by atoms with E-state index in [2.05, 4.69) is 14.6 Å². The van der Waals surface area contributed by atoms with Crippen LogP contribution in [-0.2, 0) is 24.1 Å². The maximum Gasteiger partial charge on any atom is 0.488 e. The summed E-state index contributed by atoms with van der Waals surface area (Å²) in [6.07, 6.45) is 1.79. The second-order valence-electron chi connectivity index (χ2n) is 4.98. The third-order valence-corrected chi connectivity index (χ3v) is 3.79. The van der Waals surface area contributed by atoms with Gasteiger partial charge in [-0.2, -0.15) is 13.5 Å². The van der Waals surface area contributed by atoms with Gasteiger partial charge in [0.05, 0.1) is 11.7 Å². The Balaban J connectivity index is 1.72. The van der Waals surface area contributed by atoms with E-state index in [1.807, 2.05) is 25.2 Å². The first kappa shape index (κ1) is 15.3. The van der Waals surface area contributed by atoms with Crippen LogP contribution in [0.15, 0.2) is 48.7 Å². The van der Waals surface area contributed by atoms with Gasteiger partial charge in [-0.1, -0.05) is 22.1 Å². The minimum absolute atomic E-state index is 0.0642. The highest BCUT2D eigenvalue weighted by Gasteiger charge is 2.09. The molecule has 0 fully saturated rings. The van der Waals surface area contributed by atoms with Crippen LogP contribution in [0.4, 0.5) is 9.57 Å². The van der Waals surface area contributed by atoms with E-state index in [4.69, 9.17) is 0 Å². The zero-order chi connectivity index (χ0) is 16.4. The van der Waals surface area contributed by atoms with Crippen molar-refractivity contribution in [3.63, 3.8) is 0 Å². The van der Waals surface area contributed by atoms with Crippen LogP contribution in [0, 0.1) is 0 Å². The standard InChI is InChI=1S/C15H14FN3O3S/c1-19-15-4-2-3-14(13(15)10-18-19)17-9-11-5-7-12(8-6-11)22-23(16,20)21/h2-8,10,17H,9H2,1H3. The van der Waals surface area contributed by atoms with Gasteiger partial charge in [0, 0.05) is 24.7 Å². The highest BCUT2D eigenvalue weighted by molar-refractivity contribution is 7.81. The van der Waals surface area contributed by atoms with E-state index in [0.29, 0.717) is 6.54 Å². The molecule has 23 heavy (non-hydrogen) atoms. The van der Waals surface area contributed by atoms with E-state index in [9.17, 15) is 12.3 Å². The Hall–Kier alpha value is -2.61. The molecule has 6 nitrogen and oxygen atoms in total. The lowest BCUT2D eigenvalue weighted by atomic mass is 10.2. The molecule has 3 aromatic rings. The lowest BCUT2D eigenvalue weighted by Crippen LogP contribution is -2.02. The lowest BCUT2D eigenvalue weighted by molar-refractivity contribution is 0.440. The molecule has 0 spiro atoms. The summed E-state index contributed by atoms with van der Waals surface area (Å²) in [5, 5.41) is 8.54. The fourth-order valence-corrected chi connectivity index (χ4v) is 2.65. The molecule has 0 atom stereocenters. The summed E-state index contributed by atoms with van der Waals surface area (Å²) in [4.78, 5) is 0. The number of rotatable bonds is 5.